The molecule has 0 heterocycles. The molecule has 0 aromatic heterocycles. The summed E-state index contributed by atoms with van der Waals surface area (Å²) in [6, 6.07) is 0. The van der Waals surface area contributed by atoms with Gasteiger partial charge in [-0.05, 0) is 5.92 Å². The molecule has 0 heteroatoms. The smallest absolute Gasteiger partial charge is 0.0420 e. The van der Waals surface area contributed by atoms with Gasteiger partial charge in [-0.3, -0.25) is 0 Å². The highest BCUT2D eigenvalue weighted by Gasteiger charge is 2.01. The van der Waals surface area contributed by atoms with Crippen LogP contribution in [0.3, 0.4) is 0 Å². The topological polar surface area (TPSA) is 0 Å². The average Bonchev–Trinajstić information content (AvgIpc) is 2.27. The summed E-state index contributed by atoms with van der Waals surface area (Å²) in [6.45, 7) is 6.95. The molecule has 15 heavy (non-hydrogen) atoms. The fourth-order valence-corrected chi connectivity index (χ4v) is 2.26. The molecule has 0 radical (unpaired) electrons. The lowest BCUT2D eigenvalue weighted by atomic mass is 9.95. The van der Waals surface area contributed by atoms with Crippen LogP contribution in [0.1, 0.15) is 91.4 Å². The van der Waals surface area contributed by atoms with Crippen LogP contribution in [0, 0.1) is 5.92 Å². The van der Waals surface area contributed by atoms with Crippen molar-refractivity contribution in [2.75, 3.05) is 0 Å². The van der Waals surface area contributed by atoms with Crippen LogP contribution in [-0.2, 0) is 0 Å². The van der Waals surface area contributed by atoms with Crippen LogP contribution < -0.4 is 0 Å². The molecule has 0 nitrogen and oxygen atoms in total. The van der Waals surface area contributed by atoms with Crippen LogP contribution in [0.4, 0.5) is 0 Å². The molecule has 0 bridgehead atoms. The molecule has 0 saturated carbocycles. The Morgan fingerprint density at radius 2 is 1.07 bits per heavy atom. The van der Waals surface area contributed by atoms with Gasteiger partial charge in [0.15, 0.2) is 0 Å². The number of rotatable bonds is 11. The van der Waals surface area contributed by atoms with Gasteiger partial charge in [0.2, 0.25) is 0 Å². The van der Waals surface area contributed by atoms with Gasteiger partial charge in [-0.15, -0.1) is 0 Å². The van der Waals surface area contributed by atoms with E-state index in [2.05, 4.69) is 20.8 Å². The molecule has 0 aliphatic rings. The van der Waals surface area contributed by atoms with E-state index in [1.807, 2.05) is 0 Å². The SMILES string of the molecule is CCCCCCCCCCC(CC)CC. The van der Waals surface area contributed by atoms with Gasteiger partial charge < -0.3 is 0 Å². The van der Waals surface area contributed by atoms with Crippen molar-refractivity contribution in [3.8, 4) is 0 Å². The van der Waals surface area contributed by atoms with E-state index in [-0.39, 0.29) is 0 Å². The minimum atomic E-state index is 1.00. The third kappa shape index (κ3) is 10.3. The molecule has 0 aromatic rings. The van der Waals surface area contributed by atoms with Gasteiger partial charge in [0, 0.05) is 0 Å². The predicted octanol–water partition coefficient (Wildman–Crippen LogP) is 5.95. The Bertz CT molecular complexity index is 103. The summed E-state index contributed by atoms with van der Waals surface area (Å²) < 4.78 is 0. The first-order valence-corrected chi connectivity index (χ1v) is 7.35. The standard InChI is InChI=1S/C15H32/c1-4-7-8-9-10-11-12-13-14-15(5-2)6-3/h15H,4-14H2,1-3H3. The molecule has 0 N–H and O–H groups in total. The minimum absolute atomic E-state index is 1.00. The van der Waals surface area contributed by atoms with E-state index < -0.39 is 0 Å². The largest absolute Gasteiger partial charge is 0.0654 e. The molecular formula is C15H32. The van der Waals surface area contributed by atoms with Gasteiger partial charge >= 0.3 is 0 Å². The zero-order valence-electron chi connectivity index (χ0n) is 11.4. The zero-order valence-corrected chi connectivity index (χ0v) is 11.4. The van der Waals surface area contributed by atoms with E-state index in [4.69, 9.17) is 0 Å². The van der Waals surface area contributed by atoms with Crippen molar-refractivity contribution >= 4 is 0 Å². The number of hydrogen-bond donors (Lipinski definition) is 0. The van der Waals surface area contributed by atoms with Gasteiger partial charge in [-0.25, -0.2) is 0 Å². The molecule has 0 atom stereocenters. The summed E-state index contributed by atoms with van der Waals surface area (Å²) in [6.07, 6.45) is 15.9. The third-order valence-corrected chi connectivity index (χ3v) is 3.62. The fourth-order valence-electron chi connectivity index (χ4n) is 2.26. The van der Waals surface area contributed by atoms with E-state index in [0.717, 1.165) is 5.92 Å². The van der Waals surface area contributed by atoms with E-state index in [1.54, 1.807) is 0 Å². The summed E-state index contributed by atoms with van der Waals surface area (Å²) in [4.78, 5) is 0. The van der Waals surface area contributed by atoms with E-state index in [0.29, 0.717) is 0 Å². The lowest BCUT2D eigenvalue weighted by Gasteiger charge is -2.11. The highest BCUT2D eigenvalue weighted by atomic mass is 14.1. The molecule has 0 rings (SSSR count). The number of hydrogen-bond acceptors (Lipinski definition) is 0. The van der Waals surface area contributed by atoms with Crippen LogP contribution in [0.15, 0.2) is 0 Å². The summed E-state index contributed by atoms with van der Waals surface area (Å²) in [5.41, 5.74) is 0. The second-order valence-electron chi connectivity index (χ2n) is 4.95. The lowest BCUT2D eigenvalue weighted by Crippen LogP contribution is -1.96. The van der Waals surface area contributed by atoms with Crippen LogP contribution >= 0.6 is 0 Å². The van der Waals surface area contributed by atoms with E-state index >= 15 is 0 Å². The van der Waals surface area contributed by atoms with Gasteiger partial charge in [0.1, 0.15) is 0 Å². The predicted molar refractivity (Wildman–Crippen MR) is 71.3 cm³/mol. The van der Waals surface area contributed by atoms with Gasteiger partial charge in [-0.2, -0.15) is 0 Å². The Kier molecular flexibility index (Phi) is 12.1. The van der Waals surface area contributed by atoms with Gasteiger partial charge in [0.05, 0.1) is 0 Å². The van der Waals surface area contributed by atoms with Crippen molar-refractivity contribution in [1.29, 1.82) is 0 Å². The second-order valence-corrected chi connectivity index (χ2v) is 4.95. The summed E-state index contributed by atoms with van der Waals surface area (Å²) in [5.74, 6) is 1.00. The summed E-state index contributed by atoms with van der Waals surface area (Å²) >= 11 is 0. The Morgan fingerprint density at radius 3 is 1.53 bits per heavy atom. The molecule has 0 saturated heterocycles. The first kappa shape index (κ1) is 15.0. The quantitative estimate of drug-likeness (QED) is 0.371. The van der Waals surface area contributed by atoms with Crippen LogP contribution in [0.2, 0.25) is 0 Å². The summed E-state index contributed by atoms with van der Waals surface area (Å²) in [5, 5.41) is 0. The van der Waals surface area contributed by atoms with Crippen molar-refractivity contribution < 1.29 is 0 Å². The Morgan fingerprint density at radius 1 is 0.600 bits per heavy atom. The van der Waals surface area contributed by atoms with E-state index in [1.165, 1.54) is 70.6 Å². The summed E-state index contributed by atoms with van der Waals surface area (Å²) in [7, 11) is 0. The maximum Gasteiger partial charge on any atom is -0.0420 e. The molecule has 0 unspecified atom stereocenters. The van der Waals surface area contributed by atoms with Crippen LogP contribution in [0.5, 0.6) is 0 Å². The maximum absolute atomic E-state index is 2.33. The van der Waals surface area contributed by atoms with Crippen molar-refractivity contribution in [3.05, 3.63) is 0 Å². The molecule has 0 aliphatic heterocycles. The Labute approximate surface area is 97.8 Å². The van der Waals surface area contributed by atoms with Gasteiger partial charge in [-0.1, -0.05) is 91.4 Å². The molecular weight excluding hydrogens is 180 g/mol. The zero-order chi connectivity index (χ0) is 11.4. The second kappa shape index (κ2) is 12.1. The first-order valence-electron chi connectivity index (χ1n) is 7.35. The maximum atomic E-state index is 2.33. The normalized spacial score (nSPS) is 11.2. The lowest BCUT2D eigenvalue weighted by molar-refractivity contribution is 0.426. The van der Waals surface area contributed by atoms with E-state index in [9.17, 15) is 0 Å². The van der Waals surface area contributed by atoms with Crippen molar-refractivity contribution in [3.63, 3.8) is 0 Å². The van der Waals surface area contributed by atoms with Crippen molar-refractivity contribution in [2.24, 2.45) is 5.92 Å². The average molecular weight is 212 g/mol. The first-order chi connectivity index (χ1) is 7.35. The molecule has 0 amide bonds. The Hall–Kier alpha value is 0. The van der Waals surface area contributed by atoms with Gasteiger partial charge in [0.25, 0.3) is 0 Å². The molecule has 92 valence electrons. The monoisotopic (exact) mass is 212 g/mol. The minimum Gasteiger partial charge on any atom is -0.0654 e. The number of unbranched alkanes of at least 4 members (excludes halogenated alkanes) is 7. The van der Waals surface area contributed by atoms with Crippen molar-refractivity contribution in [1.82, 2.24) is 0 Å². The van der Waals surface area contributed by atoms with Crippen LogP contribution in [0.25, 0.3) is 0 Å². The fraction of sp³-hybridized carbons (Fsp3) is 1.00. The van der Waals surface area contributed by atoms with Crippen LogP contribution in [-0.4, -0.2) is 0 Å². The molecule has 0 aromatic carbocycles. The third-order valence-electron chi connectivity index (χ3n) is 3.62. The highest BCUT2D eigenvalue weighted by molar-refractivity contribution is 4.55. The molecule has 0 spiro atoms. The Balaban J connectivity index is 3.04. The highest BCUT2D eigenvalue weighted by Crippen LogP contribution is 2.17. The molecule has 0 aliphatic carbocycles. The molecule has 0 fully saturated rings. The van der Waals surface area contributed by atoms with Crippen molar-refractivity contribution in [2.45, 2.75) is 91.4 Å².